The zero-order valence-electron chi connectivity index (χ0n) is 16.4. The molecule has 0 saturated heterocycles. The van der Waals surface area contributed by atoms with Gasteiger partial charge in [-0.2, -0.15) is 4.68 Å². The van der Waals surface area contributed by atoms with Crippen LogP contribution < -0.4 is 11.0 Å². The summed E-state index contributed by atoms with van der Waals surface area (Å²) in [6, 6.07) is 17.9. The largest absolute Gasteiger partial charge is 0.280 e. The predicted octanol–water partition coefficient (Wildman–Crippen LogP) is 3.89. The maximum absolute atomic E-state index is 14.5. The third kappa shape index (κ3) is 4.12. The standard InChI is InChI=1S/C23H15FN4O4/c24-19-7-3-1-5-17(19)22-25-20-8-4-2-6-18(20)23(30)27(22)26-21(29)14-11-15-9-12-16(13-10-15)28(31)32/h1-14H,(H,26,29). The molecule has 1 heterocycles. The number of non-ortho nitro benzene ring substituents is 1. The minimum Gasteiger partial charge on any atom is -0.268 e. The van der Waals surface area contributed by atoms with Gasteiger partial charge in [-0.05, 0) is 48.0 Å². The van der Waals surface area contributed by atoms with Gasteiger partial charge < -0.3 is 0 Å². The van der Waals surface area contributed by atoms with Gasteiger partial charge in [0.1, 0.15) is 5.82 Å². The van der Waals surface area contributed by atoms with Crippen LogP contribution in [0.4, 0.5) is 10.1 Å². The Labute approximate surface area is 180 Å². The number of carbonyl (C=O) groups excluding carboxylic acids is 1. The Morgan fingerprint density at radius 1 is 1.03 bits per heavy atom. The Bertz CT molecular complexity index is 1430. The van der Waals surface area contributed by atoms with Crippen molar-refractivity contribution in [2.45, 2.75) is 0 Å². The van der Waals surface area contributed by atoms with Crippen LogP contribution in [-0.4, -0.2) is 20.5 Å². The van der Waals surface area contributed by atoms with Gasteiger partial charge in [-0.15, -0.1) is 0 Å². The van der Waals surface area contributed by atoms with E-state index in [1.165, 1.54) is 48.5 Å². The van der Waals surface area contributed by atoms with Gasteiger partial charge in [0.25, 0.3) is 17.2 Å². The van der Waals surface area contributed by atoms with Crippen LogP contribution in [-0.2, 0) is 4.79 Å². The molecule has 3 aromatic carbocycles. The molecule has 158 valence electrons. The third-order valence-corrected chi connectivity index (χ3v) is 4.64. The number of hydrogen-bond acceptors (Lipinski definition) is 5. The molecular formula is C23H15FN4O4. The maximum Gasteiger partial charge on any atom is 0.280 e. The summed E-state index contributed by atoms with van der Waals surface area (Å²) in [6.07, 6.45) is 2.59. The fourth-order valence-corrected chi connectivity index (χ4v) is 3.09. The van der Waals surface area contributed by atoms with Gasteiger partial charge in [-0.3, -0.25) is 25.1 Å². The Morgan fingerprint density at radius 3 is 2.44 bits per heavy atom. The molecule has 0 saturated carbocycles. The number of carbonyl (C=O) groups is 1. The van der Waals surface area contributed by atoms with Crippen molar-refractivity contribution in [3.8, 4) is 11.4 Å². The number of nitrogens with one attached hydrogen (secondary N) is 1. The van der Waals surface area contributed by atoms with Crippen molar-refractivity contribution < 1.29 is 14.1 Å². The molecule has 0 bridgehead atoms. The van der Waals surface area contributed by atoms with Crippen LogP contribution in [0, 0.1) is 15.9 Å². The van der Waals surface area contributed by atoms with E-state index in [1.807, 2.05) is 0 Å². The first-order chi connectivity index (χ1) is 15.4. The summed E-state index contributed by atoms with van der Waals surface area (Å²) in [5, 5.41) is 11.0. The second-order valence-electron chi connectivity index (χ2n) is 6.73. The summed E-state index contributed by atoms with van der Waals surface area (Å²) < 4.78 is 15.4. The summed E-state index contributed by atoms with van der Waals surface area (Å²) in [7, 11) is 0. The van der Waals surface area contributed by atoms with Gasteiger partial charge in [0.05, 0.1) is 21.4 Å². The smallest absolute Gasteiger partial charge is 0.268 e. The molecule has 1 aromatic heterocycles. The van der Waals surface area contributed by atoms with E-state index >= 15 is 0 Å². The highest BCUT2D eigenvalue weighted by Gasteiger charge is 2.16. The molecule has 0 aliphatic carbocycles. The molecule has 4 aromatic rings. The monoisotopic (exact) mass is 430 g/mol. The van der Waals surface area contributed by atoms with Crippen LogP contribution in [0.15, 0.2) is 83.7 Å². The quantitative estimate of drug-likeness (QED) is 0.294. The first-order valence-corrected chi connectivity index (χ1v) is 9.44. The molecule has 0 fully saturated rings. The van der Waals surface area contributed by atoms with E-state index in [0.29, 0.717) is 11.1 Å². The lowest BCUT2D eigenvalue weighted by Crippen LogP contribution is -2.34. The number of rotatable bonds is 5. The van der Waals surface area contributed by atoms with Crippen molar-refractivity contribution in [2.24, 2.45) is 0 Å². The lowest BCUT2D eigenvalue weighted by Gasteiger charge is -2.14. The number of nitro groups is 1. The fourth-order valence-electron chi connectivity index (χ4n) is 3.09. The average Bonchev–Trinajstić information content (AvgIpc) is 2.80. The minimum atomic E-state index is -0.667. The van der Waals surface area contributed by atoms with Gasteiger partial charge >= 0.3 is 0 Å². The molecule has 0 unspecified atom stereocenters. The average molecular weight is 430 g/mol. The number of aromatic nitrogens is 2. The molecule has 0 atom stereocenters. The van der Waals surface area contributed by atoms with E-state index in [9.17, 15) is 24.1 Å². The van der Waals surface area contributed by atoms with Gasteiger partial charge in [-0.25, -0.2) is 9.37 Å². The molecule has 0 aliphatic heterocycles. The van der Waals surface area contributed by atoms with Gasteiger partial charge in [0, 0.05) is 18.2 Å². The predicted molar refractivity (Wildman–Crippen MR) is 118 cm³/mol. The number of fused-ring (bicyclic) bond motifs is 1. The van der Waals surface area contributed by atoms with Crippen LogP contribution in [0.2, 0.25) is 0 Å². The van der Waals surface area contributed by atoms with E-state index in [4.69, 9.17) is 0 Å². The second-order valence-corrected chi connectivity index (χ2v) is 6.73. The molecule has 32 heavy (non-hydrogen) atoms. The van der Waals surface area contributed by atoms with Gasteiger partial charge in [0.2, 0.25) is 0 Å². The summed E-state index contributed by atoms with van der Waals surface area (Å²) in [4.78, 5) is 40.2. The summed E-state index contributed by atoms with van der Waals surface area (Å²) in [5.74, 6) is -1.32. The third-order valence-electron chi connectivity index (χ3n) is 4.64. The summed E-state index contributed by atoms with van der Waals surface area (Å²) in [6.45, 7) is 0. The van der Waals surface area contributed by atoms with E-state index in [0.717, 1.165) is 10.8 Å². The van der Waals surface area contributed by atoms with Crippen molar-refractivity contribution in [3.05, 3.63) is 111 Å². The minimum absolute atomic E-state index is 0.0509. The summed E-state index contributed by atoms with van der Waals surface area (Å²) >= 11 is 0. The van der Waals surface area contributed by atoms with Crippen molar-refractivity contribution in [1.29, 1.82) is 0 Å². The van der Waals surface area contributed by atoms with Crippen LogP contribution in [0.1, 0.15) is 5.56 Å². The SMILES string of the molecule is O=C(C=Cc1ccc([N+](=O)[O-])cc1)Nn1c(-c2ccccc2F)nc2ccccc2c1=O. The summed E-state index contributed by atoms with van der Waals surface area (Å²) in [5.41, 5.74) is 2.76. The van der Waals surface area contributed by atoms with Crippen LogP contribution in [0.25, 0.3) is 28.4 Å². The molecule has 9 heteroatoms. The lowest BCUT2D eigenvalue weighted by atomic mass is 10.1. The first-order valence-electron chi connectivity index (χ1n) is 9.44. The molecule has 8 nitrogen and oxygen atoms in total. The Morgan fingerprint density at radius 2 is 1.72 bits per heavy atom. The number of hydrogen-bond donors (Lipinski definition) is 1. The first kappa shape index (κ1) is 20.6. The van der Waals surface area contributed by atoms with Crippen molar-refractivity contribution in [1.82, 2.24) is 9.66 Å². The van der Waals surface area contributed by atoms with E-state index in [-0.39, 0.29) is 22.5 Å². The fraction of sp³-hybridized carbons (Fsp3) is 0. The lowest BCUT2D eigenvalue weighted by molar-refractivity contribution is -0.384. The highest BCUT2D eigenvalue weighted by atomic mass is 19.1. The Kier molecular flexibility index (Phi) is 5.54. The zero-order chi connectivity index (χ0) is 22.7. The molecule has 1 N–H and O–H groups in total. The highest BCUT2D eigenvalue weighted by Crippen LogP contribution is 2.21. The van der Waals surface area contributed by atoms with E-state index in [1.54, 1.807) is 30.3 Å². The molecule has 0 spiro atoms. The Balaban J connectivity index is 1.71. The van der Waals surface area contributed by atoms with E-state index < -0.39 is 22.2 Å². The molecule has 0 radical (unpaired) electrons. The molecule has 1 amide bonds. The van der Waals surface area contributed by atoms with Crippen molar-refractivity contribution >= 4 is 28.6 Å². The van der Waals surface area contributed by atoms with Crippen LogP contribution in [0.5, 0.6) is 0 Å². The Hall–Kier alpha value is -4.66. The van der Waals surface area contributed by atoms with E-state index in [2.05, 4.69) is 10.4 Å². The second kappa shape index (κ2) is 8.60. The number of nitro benzene ring substituents is 1. The van der Waals surface area contributed by atoms with Crippen molar-refractivity contribution in [3.63, 3.8) is 0 Å². The van der Waals surface area contributed by atoms with Crippen LogP contribution >= 0.6 is 0 Å². The zero-order valence-corrected chi connectivity index (χ0v) is 16.4. The number of nitrogens with zero attached hydrogens (tertiary/aromatic N) is 3. The number of benzene rings is 3. The molecule has 4 rings (SSSR count). The number of halogens is 1. The van der Waals surface area contributed by atoms with Gasteiger partial charge in [-0.1, -0.05) is 24.3 Å². The van der Waals surface area contributed by atoms with Crippen LogP contribution in [0.3, 0.4) is 0 Å². The number of para-hydroxylation sites is 1. The van der Waals surface area contributed by atoms with Gasteiger partial charge in [0.15, 0.2) is 5.82 Å². The molecule has 0 aliphatic rings. The number of amides is 1. The normalized spacial score (nSPS) is 11.0. The highest BCUT2D eigenvalue weighted by molar-refractivity contribution is 5.98. The topological polar surface area (TPSA) is 107 Å². The molecular weight excluding hydrogens is 415 g/mol. The van der Waals surface area contributed by atoms with Crippen molar-refractivity contribution in [2.75, 3.05) is 5.43 Å². The maximum atomic E-state index is 14.5.